The van der Waals surface area contributed by atoms with Gasteiger partial charge in [0.1, 0.15) is 0 Å². The number of carbonyl (C=O) groups is 1. The van der Waals surface area contributed by atoms with Gasteiger partial charge in [-0.05, 0) is 25.0 Å². The Morgan fingerprint density at radius 2 is 1.76 bits per heavy atom. The smallest absolute Gasteiger partial charge is 0.430 e. The van der Waals surface area contributed by atoms with Crippen molar-refractivity contribution in [1.29, 1.82) is 0 Å². The van der Waals surface area contributed by atoms with E-state index in [2.05, 4.69) is 4.98 Å². The van der Waals surface area contributed by atoms with Gasteiger partial charge in [0.05, 0.1) is 23.8 Å². The Labute approximate surface area is 164 Å². The van der Waals surface area contributed by atoms with Gasteiger partial charge in [0.25, 0.3) is 5.60 Å². The molecule has 0 bridgehead atoms. The first-order chi connectivity index (χ1) is 13.3. The highest BCUT2D eigenvalue weighted by Gasteiger charge is 2.71. The Morgan fingerprint density at radius 1 is 1.17 bits per heavy atom. The molecule has 0 fully saturated rings. The van der Waals surface area contributed by atoms with Crippen LogP contribution in [-0.4, -0.2) is 40.1 Å². The molecule has 0 radical (unpaired) electrons. The first-order valence-corrected chi connectivity index (χ1v) is 8.84. The van der Waals surface area contributed by atoms with Crippen LogP contribution in [-0.2, 0) is 16.9 Å². The number of ether oxygens (including phenoxy) is 1. The number of esters is 1. The molecule has 0 atom stereocenters. The zero-order valence-corrected chi connectivity index (χ0v) is 15.8. The van der Waals surface area contributed by atoms with Crippen molar-refractivity contribution in [3.63, 3.8) is 0 Å². The average molecular weight is 443 g/mol. The molecule has 1 aromatic carbocycles. The lowest BCUT2D eigenvalue weighted by Crippen LogP contribution is -2.53. The third-order valence-corrected chi connectivity index (χ3v) is 5.12. The molecule has 0 saturated carbocycles. The van der Waals surface area contributed by atoms with Crippen LogP contribution in [0, 0.1) is 6.92 Å². The predicted molar refractivity (Wildman–Crippen MR) is 90.2 cm³/mol. The van der Waals surface area contributed by atoms with Crippen molar-refractivity contribution in [2.45, 2.75) is 38.4 Å². The Morgan fingerprint density at radius 3 is 2.21 bits per heavy atom. The summed E-state index contributed by atoms with van der Waals surface area (Å²) in [6.45, 7) is 2.23. The number of aryl methyl sites for hydroxylation is 1. The van der Waals surface area contributed by atoms with Crippen LogP contribution >= 0.6 is 11.3 Å². The van der Waals surface area contributed by atoms with E-state index in [-0.39, 0.29) is 33.3 Å². The summed E-state index contributed by atoms with van der Waals surface area (Å²) >= 11 is 0.771. The first-order valence-electron chi connectivity index (χ1n) is 8.02. The number of carbonyl (C=O) groups excluding carboxylic acids is 1. The van der Waals surface area contributed by atoms with Crippen LogP contribution in [0.5, 0.6) is 0 Å². The van der Waals surface area contributed by atoms with Crippen molar-refractivity contribution in [2.24, 2.45) is 0 Å². The van der Waals surface area contributed by atoms with E-state index in [0.29, 0.717) is 12.1 Å². The second-order valence-electron chi connectivity index (χ2n) is 5.91. The topological polar surface area (TPSA) is 79.7 Å². The minimum atomic E-state index is -6.00. The highest BCUT2D eigenvalue weighted by Crippen LogP contribution is 2.50. The van der Waals surface area contributed by atoms with Crippen LogP contribution in [0.25, 0.3) is 10.4 Å². The number of benzene rings is 1. The molecule has 2 N–H and O–H groups in total. The van der Waals surface area contributed by atoms with Gasteiger partial charge in [0.2, 0.25) is 5.01 Å². The SMILES string of the molecule is CCOC(=O)c1nc(CO)c(-c2ccc(C(O)(C(F)(F)F)C(F)(F)F)cc2C)s1. The first kappa shape index (κ1) is 23.1. The normalized spacial score (nSPS) is 12.9. The molecule has 2 rings (SSSR count). The molecule has 29 heavy (non-hydrogen) atoms. The maximum absolute atomic E-state index is 13.1. The van der Waals surface area contributed by atoms with Crippen LogP contribution in [0.4, 0.5) is 26.3 Å². The van der Waals surface area contributed by atoms with Crippen molar-refractivity contribution in [1.82, 2.24) is 4.98 Å². The van der Waals surface area contributed by atoms with E-state index in [1.807, 2.05) is 0 Å². The van der Waals surface area contributed by atoms with E-state index in [9.17, 15) is 41.4 Å². The lowest BCUT2D eigenvalue weighted by molar-refractivity contribution is -0.376. The van der Waals surface area contributed by atoms with Crippen LogP contribution < -0.4 is 0 Å². The number of alkyl halides is 6. The van der Waals surface area contributed by atoms with Gasteiger partial charge in [-0.15, -0.1) is 11.3 Å². The van der Waals surface area contributed by atoms with Crippen LogP contribution in [0.2, 0.25) is 0 Å². The number of hydrogen-bond donors (Lipinski definition) is 2. The summed E-state index contributed by atoms with van der Waals surface area (Å²) in [4.78, 5) is 15.9. The fraction of sp³-hybridized carbons (Fsp3) is 0.412. The third-order valence-electron chi connectivity index (χ3n) is 4.01. The van der Waals surface area contributed by atoms with Crippen molar-refractivity contribution < 1.29 is 46.1 Å². The van der Waals surface area contributed by atoms with Crippen LogP contribution in [0.1, 0.15) is 33.5 Å². The van der Waals surface area contributed by atoms with Gasteiger partial charge in [-0.3, -0.25) is 0 Å². The summed E-state index contributed by atoms with van der Waals surface area (Å²) in [6, 6.07) is 1.99. The Balaban J connectivity index is 2.59. The highest BCUT2D eigenvalue weighted by molar-refractivity contribution is 7.17. The molecule has 0 aliphatic heterocycles. The summed E-state index contributed by atoms with van der Waals surface area (Å²) in [6.07, 6.45) is -12.0. The molecule has 0 aliphatic rings. The highest BCUT2D eigenvalue weighted by atomic mass is 32.1. The van der Waals surface area contributed by atoms with E-state index in [1.165, 1.54) is 6.92 Å². The van der Waals surface area contributed by atoms with E-state index < -0.39 is 36.1 Å². The van der Waals surface area contributed by atoms with Gasteiger partial charge in [-0.25, -0.2) is 9.78 Å². The standard InChI is InChI=1S/C17H15F6NO4S/c1-3-28-14(26)13-24-11(7-25)12(29-13)10-5-4-9(6-8(10)2)15(27,16(18,19)20)17(21,22)23/h4-6,25,27H,3,7H2,1-2H3. The summed E-state index contributed by atoms with van der Waals surface area (Å²) < 4.78 is 83.2. The Kier molecular flexibility index (Phi) is 6.31. The second-order valence-corrected chi connectivity index (χ2v) is 6.91. The quantitative estimate of drug-likeness (QED) is 0.538. The number of aromatic nitrogens is 1. The number of aliphatic hydroxyl groups is 2. The summed E-state index contributed by atoms with van der Waals surface area (Å²) in [5.41, 5.74) is -6.34. The predicted octanol–water partition coefficient (Wildman–Crippen LogP) is 4.10. The largest absolute Gasteiger partial charge is 0.461 e. The second kappa shape index (κ2) is 7.92. The van der Waals surface area contributed by atoms with Crippen molar-refractivity contribution in [3.8, 4) is 10.4 Å². The van der Waals surface area contributed by atoms with Crippen LogP contribution in [0.3, 0.4) is 0 Å². The lowest BCUT2D eigenvalue weighted by atomic mass is 9.89. The molecule has 0 aliphatic carbocycles. The Bertz CT molecular complexity index is 892. The van der Waals surface area contributed by atoms with Gasteiger partial charge in [-0.1, -0.05) is 18.2 Å². The van der Waals surface area contributed by atoms with E-state index in [1.54, 1.807) is 6.92 Å². The summed E-state index contributed by atoms with van der Waals surface area (Å²) in [5, 5.41) is 18.8. The third kappa shape index (κ3) is 4.09. The molecule has 160 valence electrons. The van der Waals surface area contributed by atoms with Gasteiger partial charge in [-0.2, -0.15) is 26.3 Å². The number of rotatable bonds is 5. The van der Waals surface area contributed by atoms with Crippen LogP contribution in [0.15, 0.2) is 18.2 Å². The average Bonchev–Trinajstić information content (AvgIpc) is 3.03. The van der Waals surface area contributed by atoms with Gasteiger partial charge in [0.15, 0.2) is 0 Å². The zero-order valence-electron chi connectivity index (χ0n) is 15.0. The number of thiazole rings is 1. The molecular formula is C17H15F6NO4S. The number of hydrogen-bond acceptors (Lipinski definition) is 6. The van der Waals surface area contributed by atoms with E-state index >= 15 is 0 Å². The molecular weight excluding hydrogens is 428 g/mol. The molecule has 0 unspecified atom stereocenters. The van der Waals surface area contributed by atoms with Crippen molar-refractivity contribution in [3.05, 3.63) is 40.0 Å². The van der Waals surface area contributed by atoms with E-state index in [4.69, 9.17) is 4.74 Å². The minimum Gasteiger partial charge on any atom is -0.461 e. The fourth-order valence-corrected chi connectivity index (χ4v) is 3.64. The minimum absolute atomic E-state index is 0.0100. The fourth-order valence-electron chi connectivity index (χ4n) is 2.58. The molecule has 1 aromatic heterocycles. The number of aliphatic hydroxyl groups excluding tert-OH is 1. The summed E-state index contributed by atoms with van der Waals surface area (Å²) in [7, 11) is 0. The molecule has 0 amide bonds. The molecule has 5 nitrogen and oxygen atoms in total. The number of nitrogens with zero attached hydrogens (tertiary/aromatic N) is 1. The number of halogens is 6. The van der Waals surface area contributed by atoms with E-state index in [0.717, 1.165) is 17.4 Å². The van der Waals surface area contributed by atoms with Gasteiger partial charge >= 0.3 is 18.3 Å². The molecule has 0 saturated heterocycles. The maximum Gasteiger partial charge on any atom is 0.430 e. The molecule has 1 heterocycles. The van der Waals surface area contributed by atoms with Crippen molar-refractivity contribution in [2.75, 3.05) is 6.61 Å². The molecule has 12 heteroatoms. The van der Waals surface area contributed by atoms with Gasteiger partial charge in [0, 0.05) is 5.56 Å². The Hall–Kier alpha value is -2.18. The molecule has 2 aromatic rings. The zero-order chi connectivity index (χ0) is 22.2. The monoisotopic (exact) mass is 443 g/mol. The molecule has 0 spiro atoms. The maximum atomic E-state index is 13.1. The van der Waals surface area contributed by atoms with Crippen molar-refractivity contribution >= 4 is 17.3 Å². The lowest BCUT2D eigenvalue weighted by Gasteiger charge is -2.33. The van der Waals surface area contributed by atoms with Gasteiger partial charge < -0.3 is 14.9 Å². The summed E-state index contributed by atoms with van der Waals surface area (Å²) in [5.74, 6) is -0.781.